The summed E-state index contributed by atoms with van der Waals surface area (Å²) in [6, 6.07) is 11.1. The molecule has 0 aliphatic rings. The standard InChI is InChI=1S/C21H20N6O2.H2/c1-13-19(24-17(11-23-13)16-8-9-18(28)27(3)12-16)21-26-25-20(29-21)15-6-4-14(5-7-15)10-22-2;/h4-9,11-12,22H,10H2,1-3H3;1H. The lowest BCUT2D eigenvalue weighted by atomic mass is 10.1. The van der Waals surface area contributed by atoms with Crippen LogP contribution in [0.3, 0.4) is 0 Å². The fraction of sp³-hybridized carbons (Fsp3) is 0.190. The number of aromatic nitrogens is 5. The van der Waals surface area contributed by atoms with Crippen LogP contribution in [0.1, 0.15) is 12.7 Å². The Morgan fingerprint density at radius 1 is 1.07 bits per heavy atom. The molecule has 0 unspecified atom stereocenters. The zero-order chi connectivity index (χ0) is 20.4. The Labute approximate surface area is 168 Å². The normalized spacial score (nSPS) is 11.0. The second kappa shape index (κ2) is 7.76. The topological polar surface area (TPSA) is 98.7 Å². The summed E-state index contributed by atoms with van der Waals surface area (Å²) in [7, 11) is 3.60. The number of hydrogen-bond donors (Lipinski definition) is 1. The van der Waals surface area contributed by atoms with E-state index in [2.05, 4.69) is 25.5 Å². The van der Waals surface area contributed by atoms with Crippen LogP contribution in [0, 0.1) is 6.92 Å². The van der Waals surface area contributed by atoms with Crippen LogP contribution in [0.4, 0.5) is 0 Å². The Kier molecular flexibility index (Phi) is 5.01. The van der Waals surface area contributed by atoms with Gasteiger partial charge in [-0.15, -0.1) is 10.2 Å². The second-order valence-corrected chi connectivity index (χ2v) is 6.70. The molecule has 1 aromatic carbocycles. The van der Waals surface area contributed by atoms with Crippen LogP contribution in [0.25, 0.3) is 34.3 Å². The molecule has 0 bridgehead atoms. The first kappa shape index (κ1) is 18.7. The van der Waals surface area contributed by atoms with Crippen LogP contribution in [0.15, 0.2) is 58.0 Å². The summed E-state index contributed by atoms with van der Waals surface area (Å²) in [4.78, 5) is 20.7. The molecule has 0 amide bonds. The molecule has 0 saturated heterocycles. The van der Waals surface area contributed by atoms with Crippen LogP contribution >= 0.6 is 0 Å². The molecule has 29 heavy (non-hydrogen) atoms. The van der Waals surface area contributed by atoms with Crippen molar-refractivity contribution in [3.05, 3.63) is 70.4 Å². The summed E-state index contributed by atoms with van der Waals surface area (Å²) in [5.41, 5.74) is 4.51. The first-order valence-electron chi connectivity index (χ1n) is 9.13. The van der Waals surface area contributed by atoms with Crippen molar-refractivity contribution >= 4 is 0 Å². The van der Waals surface area contributed by atoms with Crippen molar-refractivity contribution in [1.29, 1.82) is 0 Å². The number of aryl methyl sites for hydroxylation is 2. The molecule has 3 heterocycles. The zero-order valence-electron chi connectivity index (χ0n) is 16.4. The third-order valence-electron chi connectivity index (χ3n) is 4.55. The molecule has 4 rings (SSSR count). The number of pyridine rings is 1. The predicted octanol–water partition coefficient (Wildman–Crippen LogP) is 2.83. The highest BCUT2D eigenvalue weighted by Gasteiger charge is 2.16. The van der Waals surface area contributed by atoms with Gasteiger partial charge in [-0.05, 0) is 37.7 Å². The third kappa shape index (κ3) is 3.83. The van der Waals surface area contributed by atoms with E-state index in [0.717, 1.165) is 17.7 Å². The first-order valence-corrected chi connectivity index (χ1v) is 9.13. The average Bonchev–Trinajstić information content (AvgIpc) is 3.21. The van der Waals surface area contributed by atoms with Crippen molar-refractivity contribution in [2.75, 3.05) is 7.05 Å². The van der Waals surface area contributed by atoms with Gasteiger partial charge < -0.3 is 14.3 Å². The molecular formula is C21H22N6O2. The van der Waals surface area contributed by atoms with E-state index >= 15 is 0 Å². The van der Waals surface area contributed by atoms with Gasteiger partial charge in [0, 0.05) is 38.4 Å². The zero-order valence-corrected chi connectivity index (χ0v) is 16.4. The highest BCUT2D eigenvalue weighted by Crippen LogP contribution is 2.26. The van der Waals surface area contributed by atoms with Gasteiger partial charge in [-0.25, -0.2) is 4.98 Å². The van der Waals surface area contributed by atoms with Gasteiger partial charge in [-0.2, -0.15) is 0 Å². The SMILES string of the molecule is CNCc1ccc(-c2nnc(-c3nc(-c4ccc(=O)n(C)c4)cnc3C)o2)cc1.[HH]. The molecule has 4 aromatic rings. The summed E-state index contributed by atoms with van der Waals surface area (Å²) in [6.45, 7) is 2.63. The Morgan fingerprint density at radius 3 is 2.52 bits per heavy atom. The van der Waals surface area contributed by atoms with Crippen LogP contribution in [-0.4, -0.2) is 31.8 Å². The Morgan fingerprint density at radius 2 is 1.79 bits per heavy atom. The maximum Gasteiger partial charge on any atom is 0.268 e. The monoisotopic (exact) mass is 390 g/mol. The van der Waals surface area contributed by atoms with E-state index in [-0.39, 0.29) is 6.99 Å². The lowest BCUT2D eigenvalue weighted by Crippen LogP contribution is -2.14. The van der Waals surface area contributed by atoms with Gasteiger partial charge in [-0.1, -0.05) is 12.1 Å². The fourth-order valence-corrected chi connectivity index (χ4v) is 2.94. The van der Waals surface area contributed by atoms with Crippen molar-refractivity contribution in [3.8, 4) is 34.3 Å². The number of nitrogens with one attached hydrogen (secondary N) is 1. The second-order valence-electron chi connectivity index (χ2n) is 6.70. The molecule has 8 heteroatoms. The molecule has 0 aliphatic heterocycles. The minimum Gasteiger partial charge on any atom is -0.415 e. The smallest absolute Gasteiger partial charge is 0.268 e. The number of benzene rings is 1. The number of hydrogen-bond acceptors (Lipinski definition) is 7. The molecule has 0 aliphatic carbocycles. The lowest BCUT2D eigenvalue weighted by molar-refractivity contribution is 0.581. The molecule has 0 atom stereocenters. The van der Waals surface area contributed by atoms with Gasteiger partial charge in [0.05, 0.1) is 17.6 Å². The minimum absolute atomic E-state index is 0. The molecule has 8 nitrogen and oxygen atoms in total. The van der Waals surface area contributed by atoms with E-state index in [9.17, 15) is 4.79 Å². The highest BCUT2D eigenvalue weighted by atomic mass is 16.4. The maximum absolute atomic E-state index is 11.6. The maximum atomic E-state index is 11.6. The molecular weight excluding hydrogens is 368 g/mol. The fourth-order valence-electron chi connectivity index (χ4n) is 2.94. The summed E-state index contributed by atoms with van der Waals surface area (Å²) in [6.07, 6.45) is 3.38. The van der Waals surface area contributed by atoms with E-state index in [1.54, 1.807) is 25.5 Å². The number of nitrogens with zero attached hydrogens (tertiary/aromatic N) is 5. The van der Waals surface area contributed by atoms with Gasteiger partial charge >= 0.3 is 0 Å². The van der Waals surface area contributed by atoms with Crippen molar-refractivity contribution < 1.29 is 5.84 Å². The highest BCUT2D eigenvalue weighted by molar-refractivity contribution is 5.62. The van der Waals surface area contributed by atoms with Crippen LogP contribution in [-0.2, 0) is 13.6 Å². The summed E-state index contributed by atoms with van der Waals surface area (Å²) < 4.78 is 7.37. The van der Waals surface area contributed by atoms with Gasteiger partial charge in [0.25, 0.3) is 5.89 Å². The summed E-state index contributed by atoms with van der Waals surface area (Å²) in [5, 5.41) is 11.4. The summed E-state index contributed by atoms with van der Waals surface area (Å²) in [5.74, 6) is 0.723. The molecule has 148 valence electrons. The van der Waals surface area contributed by atoms with Gasteiger partial charge in [-0.3, -0.25) is 9.78 Å². The number of rotatable bonds is 5. The molecule has 1 N–H and O–H groups in total. The van der Waals surface area contributed by atoms with Crippen molar-refractivity contribution in [3.63, 3.8) is 0 Å². The molecule has 3 aromatic heterocycles. The Bertz CT molecular complexity index is 1220. The van der Waals surface area contributed by atoms with Crippen molar-refractivity contribution in [2.24, 2.45) is 7.05 Å². The van der Waals surface area contributed by atoms with E-state index in [1.165, 1.54) is 16.2 Å². The van der Waals surface area contributed by atoms with E-state index in [4.69, 9.17) is 4.42 Å². The largest absolute Gasteiger partial charge is 0.415 e. The van der Waals surface area contributed by atoms with Gasteiger partial charge in [0.1, 0.15) is 5.69 Å². The first-order chi connectivity index (χ1) is 14.0. The molecule has 0 spiro atoms. The van der Waals surface area contributed by atoms with Gasteiger partial charge in [0.2, 0.25) is 11.4 Å². The summed E-state index contributed by atoms with van der Waals surface area (Å²) >= 11 is 0. The van der Waals surface area contributed by atoms with Crippen molar-refractivity contribution in [1.82, 2.24) is 30.0 Å². The van der Waals surface area contributed by atoms with Gasteiger partial charge in [0.15, 0.2) is 0 Å². The van der Waals surface area contributed by atoms with Crippen LogP contribution in [0.5, 0.6) is 0 Å². The Balaban J connectivity index is 0.00000256. The predicted molar refractivity (Wildman–Crippen MR) is 111 cm³/mol. The van der Waals surface area contributed by atoms with E-state index < -0.39 is 0 Å². The third-order valence-corrected chi connectivity index (χ3v) is 4.55. The molecule has 0 saturated carbocycles. The quantitative estimate of drug-likeness (QED) is 0.559. The van der Waals surface area contributed by atoms with E-state index in [0.29, 0.717) is 28.9 Å². The molecule has 0 radical (unpaired) electrons. The van der Waals surface area contributed by atoms with E-state index in [1.807, 2.05) is 38.2 Å². The Hall–Kier alpha value is -3.65. The van der Waals surface area contributed by atoms with Crippen molar-refractivity contribution in [2.45, 2.75) is 13.5 Å². The molecule has 0 fully saturated rings. The lowest BCUT2D eigenvalue weighted by Gasteiger charge is -2.06. The van der Waals surface area contributed by atoms with Crippen LogP contribution < -0.4 is 10.9 Å². The minimum atomic E-state index is -0.0867. The average molecular weight is 390 g/mol. The van der Waals surface area contributed by atoms with Crippen LogP contribution in [0.2, 0.25) is 0 Å².